The van der Waals surface area contributed by atoms with Gasteiger partial charge < -0.3 is 10.1 Å². The minimum absolute atomic E-state index is 0.0596. The van der Waals surface area contributed by atoms with Gasteiger partial charge in [0, 0.05) is 25.5 Å². The Morgan fingerprint density at radius 2 is 2.17 bits per heavy atom. The summed E-state index contributed by atoms with van der Waals surface area (Å²) in [6.45, 7) is 0.871. The molecule has 1 saturated carbocycles. The van der Waals surface area contributed by atoms with Crippen LogP contribution in [0.4, 0.5) is 8.78 Å². The van der Waals surface area contributed by atoms with Crippen LogP contribution >= 0.6 is 0 Å². The molecule has 2 fully saturated rings. The lowest BCUT2D eigenvalue weighted by Crippen LogP contribution is -2.40. The van der Waals surface area contributed by atoms with Crippen LogP contribution in [0, 0.1) is 5.92 Å². The zero-order valence-electron chi connectivity index (χ0n) is 11.3. The molecule has 1 aliphatic carbocycles. The third-order valence-electron chi connectivity index (χ3n) is 4.44. The maximum absolute atomic E-state index is 13.4. The van der Waals surface area contributed by atoms with Crippen LogP contribution in [0.1, 0.15) is 51.4 Å². The molecule has 2 nitrogen and oxygen atoms in total. The largest absolute Gasteiger partial charge is 0.378 e. The normalized spacial score (nSPS) is 33.5. The van der Waals surface area contributed by atoms with Crippen LogP contribution in [-0.4, -0.2) is 31.7 Å². The first kappa shape index (κ1) is 14.2. The molecular formula is C14H25F2NO. The summed E-state index contributed by atoms with van der Waals surface area (Å²) in [7, 11) is 1.90. The molecule has 1 N–H and O–H groups in total. The summed E-state index contributed by atoms with van der Waals surface area (Å²) in [5.41, 5.74) is 0. The third-order valence-corrected chi connectivity index (χ3v) is 4.44. The van der Waals surface area contributed by atoms with Crippen molar-refractivity contribution < 1.29 is 13.5 Å². The van der Waals surface area contributed by atoms with Crippen molar-refractivity contribution >= 4 is 0 Å². The molecule has 1 heterocycles. The molecule has 0 radical (unpaired) electrons. The van der Waals surface area contributed by atoms with Crippen LogP contribution in [-0.2, 0) is 4.74 Å². The summed E-state index contributed by atoms with van der Waals surface area (Å²) in [5, 5.41) is 3.24. The summed E-state index contributed by atoms with van der Waals surface area (Å²) in [6, 6.07) is 0.223. The standard InChI is InChI=1S/C14H25F2NO/c1-17-13(7-6-12-5-3-9-18-12)11-4-2-8-14(15,16)10-11/h11-13,17H,2-10H2,1H3. The summed E-state index contributed by atoms with van der Waals surface area (Å²) < 4.78 is 32.5. The molecule has 0 aromatic heterocycles. The van der Waals surface area contributed by atoms with Crippen LogP contribution in [0.5, 0.6) is 0 Å². The summed E-state index contributed by atoms with van der Waals surface area (Å²) >= 11 is 0. The van der Waals surface area contributed by atoms with Crippen LogP contribution in [0.25, 0.3) is 0 Å². The van der Waals surface area contributed by atoms with Crippen molar-refractivity contribution in [2.75, 3.05) is 13.7 Å². The first-order chi connectivity index (χ1) is 8.61. The van der Waals surface area contributed by atoms with E-state index in [0.29, 0.717) is 12.5 Å². The highest BCUT2D eigenvalue weighted by Crippen LogP contribution is 2.39. The first-order valence-electron chi connectivity index (χ1n) is 7.27. The zero-order valence-corrected chi connectivity index (χ0v) is 11.3. The van der Waals surface area contributed by atoms with Gasteiger partial charge in [0.05, 0.1) is 6.10 Å². The maximum Gasteiger partial charge on any atom is 0.248 e. The Morgan fingerprint density at radius 1 is 1.33 bits per heavy atom. The monoisotopic (exact) mass is 261 g/mol. The molecule has 2 aliphatic rings. The molecule has 2 rings (SSSR count). The van der Waals surface area contributed by atoms with Crippen molar-refractivity contribution in [1.29, 1.82) is 0 Å². The average molecular weight is 261 g/mol. The van der Waals surface area contributed by atoms with Crippen LogP contribution < -0.4 is 5.32 Å². The summed E-state index contributed by atoms with van der Waals surface area (Å²) in [4.78, 5) is 0. The fourth-order valence-electron chi connectivity index (χ4n) is 3.41. The van der Waals surface area contributed by atoms with Crippen molar-refractivity contribution in [3.8, 4) is 0 Å². The Balaban J connectivity index is 1.79. The van der Waals surface area contributed by atoms with Crippen LogP contribution in [0.3, 0.4) is 0 Å². The van der Waals surface area contributed by atoms with Crippen molar-refractivity contribution in [2.45, 2.75) is 69.4 Å². The Hall–Kier alpha value is -0.220. The molecule has 1 saturated heterocycles. The van der Waals surface area contributed by atoms with Crippen molar-refractivity contribution in [3.05, 3.63) is 0 Å². The number of ether oxygens (including phenoxy) is 1. The smallest absolute Gasteiger partial charge is 0.248 e. The van der Waals surface area contributed by atoms with Crippen molar-refractivity contribution in [3.63, 3.8) is 0 Å². The molecule has 0 bridgehead atoms. The molecular weight excluding hydrogens is 236 g/mol. The van der Waals surface area contributed by atoms with Gasteiger partial charge >= 0.3 is 0 Å². The van der Waals surface area contributed by atoms with Gasteiger partial charge in [0.2, 0.25) is 5.92 Å². The molecule has 0 aromatic carbocycles. The zero-order chi connectivity index (χ0) is 13.0. The van der Waals surface area contributed by atoms with E-state index in [0.717, 1.165) is 38.7 Å². The van der Waals surface area contributed by atoms with E-state index < -0.39 is 5.92 Å². The third kappa shape index (κ3) is 3.89. The van der Waals surface area contributed by atoms with E-state index in [2.05, 4.69) is 5.32 Å². The highest BCUT2D eigenvalue weighted by molar-refractivity contribution is 4.86. The predicted molar refractivity (Wildman–Crippen MR) is 68.0 cm³/mol. The molecule has 0 spiro atoms. The Bertz CT molecular complexity index is 254. The van der Waals surface area contributed by atoms with Gasteiger partial charge in [0.1, 0.15) is 0 Å². The fraction of sp³-hybridized carbons (Fsp3) is 1.00. The summed E-state index contributed by atoms with van der Waals surface area (Å²) in [5.74, 6) is -2.32. The number of hydrogen-bond acceptors (Lipinski definition) is 2. The topological polar surface area (TPSA) is 21.3 Å². The van der Waals surface area contributed by atoms with Gasteiger partial charge in [-0.1, -0.05) is 0 Å². The first-order valence-corrected chi connectivity index (χ1v) is 7.27. The van der Waals surface area contributed by atoms with E-state index in [-0.39, 0.29) is 24.8 Å². The number of hydrogen-bond donors (Lipinski definition) is 1. The maximum atomic E-state index is 13.4. The quantitative estimate of drug-likeness (QED) is 0.819. The second-order valence-corrected chi connectivity index (χ2v) is 5.82. The van der Waals surface area contributed by atoms with E-state index in [1.165, 1.54) is 0 Å². The molecule has 1 aliphatic heterocycles. The number of alkyl halides is 2. The Labute approximate surface area is 108 Å². The van der Waals surface area contributed by atoms with E-state index >= 15 is 0 Å². The lowest BCUT2D eigenvalue weighted by Gasteiger charge is -2.34. The molecule has 3 unspecified atom stereocenters. The molecule has 0 aromatic rings. The van der Waals surface area contributed by atoms with Gasteiger partial charge in [0.15, 0.2) is 0 Å². The van der Waals surface area contributed by atoms with Gasteiger partial charge in [-0.25, -0.2) is 8.78 Å². The second-order valence-electron chi connectivity index (χ2n) is 5.82. The van der Waals surface area contributed by atoms with Gasteiger partial charge in [-0.15, -0.1) is 0 Å². The van der Waals surface area contributed by atoms with Crippen molar-refractivity contribution in [2.24, 2.45) is 5.92 Å². The lowest BCUT2D eigenvalue weighted by molar-refractivity contribution is -0.0587. The number of rotatable bonds is 5. The van der Waals surface area contributed by atoms with E-state index in [4.69, 9.17) is 4.74 Å². The van der Waals surface area contributed by atoms with Crippen LogP contribution in [0.15, 0.2) is 0 Å². The number of nitrogens with one attached hydrogen (secondary N) is 1. The van der Waals surface area contributed by atoms with Gasteiger partial charge in [-0.3, -0.25) is 0 Å². The predicted octanol–water partition coefficient (Wildman–Crippen LogP) is 3.36. The van der Waals surface area contributed by atoms with Gasteiger partial charge in [0.25, 0.3) is 0 Å². The van der Waals surface area contributed by atoms with Crippen LogP contribution in [0.2, 0.25) is 0 Å². The second kappa shape index (κ2) is 6.29. The number of halogens is 2. The molecule has 3 atom stereocenters. The highest BCUT2D eigenvalue weighted by atomic mass is 19.3. The fourth-order valence-corrected chi connectivity index (χ4v) is 3.41. The molecule has 4 heteroatoms. The van der Waals surface area contributed by atoms with E-state index in [1.807, 2.05) is 7.05 Å². The minimum Gasteiger partial charge on any atom is -0.378 e. The molecule has 18 heavy (non-hydrogen) atoms. The van der Waals surface area contributed by atoms with E-state index in [1.54, 1.807) is 0 Å². The highest BCUT2D eigenvalue weighted by Gasteiger charge is 2.38. The van der Waals surface area contributed by atoms with Crippen molar-refractivity contribution in [1.82, 2.24) is 5.32 Å². The van der Waals surface area contributed by atoms with E-state index in [9.17, 15) is 8.78 Å². The molecule has 106 valence electrons. The summed E-state index contributed by atoms with van der Waals surface area (Å²) in [6.07, 6.45) is 6.35. The Kier molecular flexibility index (Phi) is 4.96. The minimum atomic E-state index is -2.44. The Morgan fingerprint density at radius 3 is 2.78 bits per heavy atom. The van der Waals surface area contributed by atoms with Gasteiger partial charge in [-0.2, -0.15) is 0 Å². The van der Waals surface area contributed by atoms with Gasteiger partial charge in [-0.05, 0) is 51.5 Å². The lowest BCUT2D eigenvalue weighted by atomic mass is 9.80. The SMILES string of the molecule is CNC(CCC1CCCO1)C1CCCC(F)(F)C1. The molecule has 0 amide bonds. The average Bonchev–Trinajstić information content (AvgIpc) is 2.81.